The van der Waals surface area contributed by atoms with E-state index in [-0.39, 0.29) is 0 Å². The summed E-state index contributed by atoms with van der Waals surface area (Å²) in [6.07, 6.45) is 2.49. The summed E-state index contributed by atoms with van der Waals surface area (Å²) in [5.41, 5.74) is 6.37. The molecule has 0 aliphatic heterocycles. The highest BCUT2D eigenvalue weighted by Gasteiger charge is 2.23. The Morgan fingerprint density at radius 1 is 1.00 bits per heavy atom. The maximum atomic E-state index is 2.29. The van der Waals surface area contributed by atoms with Gasteiger partial charge in [0.15, 0.2) is 0 Å². The fourth-order valence-corrected chi connectivity index (χ4v) is 2.38. The molecule has 0 nitrogen and oxygen atoms in total. The molecule has 0 aromatic carbocycles. The van der Waals surface area contributed by atoms with E-state index in [1.54, 1.807) is 22.3 Å². The molecule has 0 heterocycles. The van der Waals surface area contributed by atoms with Gasteiger partial charge in [-0.05, 0) is 44.8 Å². The number of hydrogen-bond donors (Lipinski definition) is 0. The number of rotatable bonds is 2. The Morgan fingerprint density at radius 3 is 1.92 bits per heavy atom. The largest absolute Gasteiger partial charge is 0.0645 e. The average molecular weight is 164 g/mol. The predicted molar refractivity (Wildman–Crippen MR) is 55.1 cm³/mol. The van der Waals surface area contributed by atoms with Gasteiger partial charge in [-0.15, -0.1) is 0 Å². The Hall–Kier alpha value is -0.520. The molecule has 1 aliphatic carbocycles. The number of hydrogen-bond acceptors (Lipinski definition) is 0. The highest BCUT2D eigenvalue weighted by molar-refractivity contribution is 5.46. The van der Waals surface area contributed by atoms with E-state index in [9.17, 15) is 0 Å². The van der Waals surface area contributed by atoms with Gasteiger partial charge in [0.25, 0.3) is 0 Å². The Bertz CT molecular complexity index is 241. The summed E-state index contributed by atoms with van der Waals surface area (Å²) in [6, 6.07) is 0. The van der Waals surface area contributed by atoms with Crippen molar-refractivity contribution in [2.45, 2.75) is 47.5 Å². The van der Waals surface area contributed by atoms with Gasteiger partial charge in [-0.3, -0.25) is 0 Å². The molecule has 1 aliphatic rings. The van der Waals surface area contributed by atoms with E-state index in [0.717, 1.165) is 5.92 Å². The molecule has 0 radical (unpaired) electrons. The van der Waals surface area contributed by atoms with Crippen molar-refractivity contribution < 1.29 is 0 Å². The third kappa shape index (κ3) is 1.24. The van der Waals surface area contributed by atoms with Gasteiger partial charge in [0.2, 0.25) is 0 Å². The highest BCUT2D eigenvalue weighted by atomic mass is 14.3. The maximum Gasteiger partial charge on any atom is 0.00131 e. The molecule has 1 rings (SSSR count). The lowest BCUT2D eigenvalue weighted by molar-refractivity contribution is 0.670. The minimum absolute atomic E-state index is 0.759. The first-order valence-electron chi connectivity index (χ1n) is 5.00. The number of allylic oxidation sites excluding steroid dienone is 4. The van der Waals surface area contributed by atoms with Crippen LogP contribution in [-0.2, 0) is 0 Å². The van der Waals surface area contributed by atoms with E-state index in [0.29, 0.717) is 0 Å². The van der Waals surface area contributed by atoms with Crippen molar-refractivity contribution >= 4 is 0 Å². The van der Waals surface area contributed by atoms with Crippen molar-refractivity contribution in [2.24, 2.45) is 5.92 Å². The van der Waals surface area contributed by atoms with Crippen molar-refractivity contribution in [3.63, 3.8) is 0 Å². The van der Waals surface area contributed by atoms with Gasteiger partial charge < -0.3 is 0 Å². The van der Waals surface area contributed by atoms with Gasteiger partial charge in [0, 0.05) is 5.92 Å². The first-order valence-corrected chi connectivity index (χ1v) is 5.00. The van der Waals surface area contributed by atoms with Gasteiger partial charge in [-0.1, -0.05) is 25.0 Å². The van der Waals surface area contributed by atoms with E-state index in [1.165, 1.54) is 12.8 Å². The standard InChI is InChI=1S/C12H20/c1-6-11-9(4)8(3)10(5)12(11)7-2/h11H,6-7H2,1-5H3. The summed E-state index contributed by atoms with van der Waals surface area (Å²) >= 11 is 0. The lowest BCUT2D eigenvalue weighted by Gasteiger charge is -2.13. The SMILES string of the molecule is CCC1=C(C)C(C)=C(C)C1CC. The molecule has 0 amide bonds. The molecule has 0 aromatic rings. The highest BCUT2D eigenvalue weighted by Crippen LogP contribution is 2.39. The fraction of sp³-hybridized carbons (Fsp3) is 0.667. The van der Waals surface area contributed by atoms with Gasteiger partial charge in [0.1, 0.15) is 0 Å². The minimum atomic E-state index is 0.759. The van der Waals surface area contributed by atoms with Crippen LogP contribution in [0.15, 0.2) is 22.3 Å². The first-order chi connectivity index (χ1) is 5.63. The van der Waals surface area contributed by atoms with E-state index < -0.39 is 0 Å². The van der Waals surface area contributed by atoms with E-state index >= 15 is 0 Å². The van der Waals surface area contributed by atoms with E-state index in [2.05, 4.69) is 34.6 Å². The topological polar surface area (TPSA) is 0 Å². The maximum absolute atomic E-state index is 2.29. The van der Waals surface area contributed by atoms with E-state index in [1.807, 2.05) is 0 Å². The van der Waals surface area contributed by atoms with Crippen LogP contribution < -0.4 is 0 Å². The van der Waals surface area contributed by atoms with Crippen LogP contribution in [0, 0.1) is 5.92 Å². The quantitative estimate of drug-likeness (QED) is 0.576. The minimum Gasteiger partial charge on any atom is -0.0645 e. The molecular formula is C12H20. The Labute approximate surface area is 76.4 Å². The molecule has 0 spiro atoms. The molecule has 1 atom stereocenters. The molecule has 0 heteroatoms. The van der Waals surface area contributed by atoms with Crippen LogP contribution in [0.3, 0.4) is 0 Å². The van der Waals surface area contributed by atoms with Crippen LogP contribution in [0.25, 0.3) is 0 Å². The molecule has 0 saturated heterocycles. The van der Waals surface area contributed by atoms with Crippen LogP contribution in [0.1, 0.15) is 47.5 Å². The van der Waals surface area contributed by atoms with Gasteiger partial charge in [-0.2, -0.15) is 0 Å². The van der Waals surface area contributed by atoms with Gasteiger partial charge >= 0.3 is 0 Å². The molecule has 0 saturated carbocycles. The smallest absolute Gasteiger partial charge is 0.00131 e. The van der Waals surface area contributed by atoms with Gasteiger partial charge in [-0.25, -0.2) is 0 Å². The van der Waals surface area contributed by atoms with E-state index in [4.69, 9.17) is 0 Å². The molecule has 68 valence electrons. The third-order valence-corrected chi connectivity index (χ3v) is 3.37. The van der Waals surface area contributed by atoms with Gasteiger partial charge in [0.05, 0.1) is 0 Å². The average Bonchev–Trinajstić information content (AvgIpc) is 2.29. The molecule has 12 heavy (non-hydrogen) atoms. The second-order valence-corrected chi connectivity index (χ2v) is 3.77. The molecule has 0 bridgehead atoms. The van der Waals surface area contributed by atoms with Crippen LogP contribution in [-0.4, -0.2) is 0 Å². The summed E-state index contributed by atoms with van der Waals surface area (Å²) in [4.78, 5) is 0. The molecular weight excluding hydrogens is 144 g/mol. The molecule has 0 fully saturated rings. The second kappa shape index (κ2) is 3.47. The third-order valence-electron chi connectivity index (χ3n) is 3.37. The zero-order valence-corrected chi connectivity index (χ0v) is 8.99. The lowest BCUT2D eigenvalue weighted by Crippen LogP contribution is -2.00. The van der Waals surface area contributed by atoms with Crippen molar-refractivity contribution in [1.29, 1.82) is 0 Å². The Morgan fingerprint density at radius 2 is 1.58 bits per heavy atom. The van der Waals surface area contributed by atoms with Crippen molar-refractivity contribution in [2.75, 3.05) is 0 Å². The predicted octanol–water partition coefficient (Wildman–Crippen LogP) is 4.09. The van der Waals surface area contributed by atoms with Crippen molar-refractivity contribution in [3.8, 4) is 0 Å². The summed E-state index contributed by atoms with van der Waals surface area (Å²) < 4.78 is 0. The first kappa shape index (κ1) is 9.57. The Balaban J connectivity index is 3.04. The normalized spacial score (nSPS) is 24.2. The zero-order valence-electron chi connectivity index (χ0n) is 8.99. The summed E-state index contributed by atoms with van der Waals surface area (Å²) in [5.74, 6) is 0.759. The molecule has 0 aromatic heterocycles. The monoisotopic (exact) mass is 164 g/mol. The summed E-state index contributed by atoms with van der Waals surface area (Å²) in [5, 5.41) is 0. The molecule has 0 N–H and O–H groups in total. The van der Waals surface area contributed by atoms with Crippen molar-refractivity contribution in [3.05, 3.63) is 22.3 Å². The second-order valence-electron chi connectivity index (χ2n) is 3.77. The van der Waals surface area contributed by atoms with Crippen molar-refractivity contribution in [1.82, 2.24) is 0 Å². The summed E-state index contributed by atoms with van der Waals surface area (Å²) in [6.45, 7) is 11.4. The summed E-state index contributed by atoms with van der Waals surface area (Å²) in [7, 11) is 0. The van der Waals surface area contributed by atoms with Crippen LogP contribution in [0.4, 0.5) is 0 Å². The molecule has 1 unspecified atom stereocenters. The van der Waals surface area contributed by atoms with Crippen LogP contribution >= 0.6 is 0 Å². The lowest BCUT2D eigenvalue weighted by atomic mass is 9.92. The van der Waals surface area contributed by atoms with Crippen LogP contribution in [0.5, 0.6) is 0 Å². The zero-order chi connectivity index (χ0) is 9.30. The fourth-order valence-electron chi connectivity index (χ4n) is 2.38. The Kier molecular flexibility index (Phi) is 2.76. The van der Waals surface area contributed by atoms with Crippen LogP contribution in [0.2, 0.25) is 0 Å².